The Labute approximate surface area is 149 Å². The highest BCUT2D eigenvalue weighted by molar-refractivity contribution is 5.91. The van der Waals surface area contributed by atoms with Crippen molar-refractivity contribution in [2.45, 2.75) is 13.5 Å². The SMILES string of the molecule is CC(=O)N(Cc1cccc(C=Cc2ccccc2)c1)c1ccccc1. The molecular weight excluding hydrogens is 306 g/mol. The Morgan fingerprint density at radius 3 is 2.08 bits per heavy atom. The summed E-state index contributed by atoms with van der Waals surface area (Å²) in [5, 5.41) is 0. The molecule has 1 amide bonds. The lowest BCUT2D eigenvalue weighted by Crippen LogP contribution is -2.27. The van der Waals surface area contributed by atoms with E-state index < -0.39 is 0 Å². The second-order valence-electron chi connectivity index (χ2n) is 5.93. The van der Waals surface area contributed by atoms with Gasteiger partial charge in [-0.2, -0.15) is 0 Å². The van der Waals surface area contributed by atoms with Crippen LogP contribution in [0.4, 0.5) is 5.69 Å². The van der Waals surface area contributed by atoms with Crippen LogP contribution in [0.3, 0.4) is 0 Å². The molecule has 0 aliphatic carbocycles. The molecule has 0 aliphatic heterocycles. The van der Waals surface area contributed by atoms with Gasteiger partial charge in [0, 0.05) is 12.6 Å². The quantitative estimate of drug-likeness (QED) is 0.574. The van der Waals surface area contributed by atoms with Gasteiger partial charge in [-0.3, -0.25) is 4.79 Å². The number of anilines is 1. The van der Waals surface area contributed by atoms with Crippen LogP contribution in [-0.4, -0.2) is 5.91 Å². The first kappa shape index (κ1) is 16.7. The highest BCUT2D eigenvalue weighted by atomic mass is 16.2. The van der Waals surface area contributed by atoms with Gasteiger partial charge in [0.25, 0.3) is 0 Å². The first-order valence-corrected chi connectivity index (χ1v) is 8.37. The summed E-state index contributed by atoms with van der Waals surface area (Å²) in [5.41, 5.74) is 4.31. The first-order valence-electron chi connectivity index (χ1n) is 8.37. The van der Waals surface area contributed by atoms with E-state index in [4.69, 9.17) is 0 Å². The third-order valence-electron chi connectivity index (χ3n) is 4.01. The molecule has 2 heteroatoms. The van der Waals surface area contributed by atoms with Gasteiger partial charge in [0.05, 0.1) is 6.54 Å². The summed E-state index contributed by atoms with van der Waals surface area (Å²) < 4.78 is 0. The molecule has 0 saturated heterocycles. The van der Waals surface area contributed by atoms with Crippen LogP contribution in [0.25, 0.3) is 12.2 Å². The van der Waals surface area contributed by atoms with Crippen molar-refractivity contribution >= 4 is 23.7 Å². The molecule has 3 rings (SSSR count). The summed E-state index contributed by atoms with van der Waals surface area (Å²) in [5.74, 6) is 0.0384. The molecule has 0 N–H and O–H groups in total. The highest BCUT2D eigenvalue weighted by Crippen LogP contribution is 2.18. The van der Waals surface area contributed by atoms with Gasteiger partial charge < -0.3 is 4.90 Å². The molecule has 0 aliphatic rings. The largest absolute Gasteiger partial charge is 0.308 e. The summed E-state index contributed by atoms with van der Waals surface area (Å²) in [6.45, 7) is 2.17. The van der Waals surface area contributed by atoms with Crippen LogP contribution in [0, 0.1) is 0 Å². The Morgan fingerprint density at radius 2 is 1.40 bits per heavy atom. The molecule has 124 valence electrons. The molecule has 0 atom stereocenters. The first-order chi connectivity index (χ1) is 12.2. The number of amides is 1. The predicted octanol–water partition coefficient (Wildman–Crippen LogP) is 5.41. The topological polar surface area (TPSA) is 20.3 Å². The fraction of sp³-hybridized carbons (Fsp3) is 0.0870. The fourth-order valence-corrected chi connectivity index (χ4v) is 2.73. The Bertz CT molecular complexity index is 854. The second kappa shape index (κ2) is 8.11. The van der Waals surface area contributed by atoms with E-state index in [1.807, 2.05) is 54.6 Å². The number of para-hydroxylation sites is 1. The van der Waals surface area contributed by atoms with Gasteiger partial charge in [-0.05, 0) is 34.9 Å². The minimum absolute atomic E-state index is 0.0384. The van der Waals surface area contributed by atoms with Crippen molar-refractivity contribution in [3.8, 4) is 0 Å². The van der Waals surface area contributed by atoms with E-state index in [-0.39, 0.29) is 5.91 Å². The minimum atomic E-state index is 0.0384. The number of carbonyl (C=O) groups excluding carboxylic acids is 1. The minimum Gasteiger partial charge on any atom is -0.308 e. The van der Waals surface area contributed by atoms with E-state index in [9.17, 15) is 4.79 Å². The summed E-state index contributed by atoms with van der Waals surface area (Å²) in [7, 11) is 0. The normalized spacial score (nSPS) is 10.8. The van der Waals surface area contributed by atoms with Gasteiger partial charge in [-0.15, -0.1) is 0 Å². The van der Waals surface area contributed by atoms with Crippen LogP contribution in [0.2, 0.25) is 0 Å². The average molecular weight is 327 g/mol. The van der Waals surface area contributed by atoms with Gasteiger partial charge in [0.15, 0.2) is 0 Å². The molecule has 0 unspecified atom stereocenters. The molecule has 0 aromatic heterocycles. The van der Waals surface area contributed by atoms with Gasteiger partial charge in [-0.1, -0.05) is 78.9 Å². The number of nitrogens with zero attached hydrogens (tertiary/aromatic N) is 1. The Balaban J connectivity index is 1.79. The van der Waals surface area contributed by atoms with E-state index in [1.165, 1.54) is 5.56 Å². The van der Waals surface area contributed by atoms with Crippen molar-refractivity contribution < 1.29 is 4.79 Å². The summed E-state index contributed by atoms with van der Waals surface area (Å²) >= 11 is 0. The lowest BCUT2D eigenvalue weighted by molar-refractivity contribution is -0.116. The molecule has 0 fully saturated rings. The maximum Gasteiger partial charge on any atom is 0.224 e. The molecule has 0 spiro atoms. The second-order valence-corrected chi connectivity index (χ2v) is 5.93. The zero-order valence-corrected chi connectivity index (χ0v) is 14.3. The standard InChI is InChI=1S/C23H21NO/c1-19(25)24(23-13-6-3-7-14-23)18-22-12-8-11-21(17-22)16-15-20-9-4-2-5-10-20/h2-17H,18H2,1H3. The van der Waals surface area contributed by atoms with E-state index in [0.717, 1.165) is 16.8 Å². The molecule has 0 bridgehead atoms. The number of hydrogen-bond acceptors (Lipinski definition) is 1. The van der Waals surface area contributed by atoms with Crippen molar-refractivity contribution in [1.29, 1.82) is 0 Å². The van der Waals surface area contributed by atoms with Crippen LogP contribution >= 0.6 is 0 Å². The predicted molar refractivity (Wildman–Crippen MR) is 105 cm³/mol. The van der Waals surface area contributed by atoms with Crippen molar-refractivity contribution in [2.75, 3.05) is 4.90 Å². The zero-order valence-electron chi connectivity index (χ0n) is 14.3. The molecule has 0 heterocycles. The lowest BCUT2D eigenvalue weighted by Gasteiger charge is -2.21. The molecular formula is C23H21NO. The molecule has 2 nitrogen and oxygen atoms in total. The summed E-state index contributed by atoms with van der Waals surface area (Å²) in [4.78, 5) is 13.8. The summed E-state index contributed by atoms with van der Waals surface area (Å²) in [6, 6.07) is 28.3. The van der Waals surface area contributed by atoms with Crippen LogP contribution in [0.1, 0.15) is 23.6 Å². The summed E-state index contributed by atoms with van der Waals surface area (Å²) in [6.07, 6.45) is 4.19. The van der Waals surface area contributed by atoms with Crippen LogP contribution in [0.15, 0.2) is 84.9 Å². The van der Waals surface area contributed by atoms with E-state index in [0.29, 0.717) is 6.54 Å². The van der Waals surface area contributed by atoms with Gasteiger partial charge >= 0.3 is 0 Å². The Hall–Kier alpha value is -3.13. The van der Waals surface area contributed by atoms with Crippen molar-refractivity contribution in [2.24, 2.45) is 0 Å². The Morgan fingerprint density at radius 1 is 0.800 bits per heavy atom. The number of benzene rings is 3. The monoisotopic (exact) mass is 327 g/mol. The van der Waals surface area contributed by atoms with Crippen molar-refractivity contribution in [3.63, 3.8) is 0 Å². The zero-order chi connectivity index (χ0) is 17.5. The third kappa shape index (κ3) is 4.67. The third-order valence-corrected chi connectivity index (χ3v) is 4.01. The number of hydrogen-bond donors (Lipinski definition) is 0. The lowest BCUT2D eigenvalue weighted by atomic mass is 10.1. The van der Waals surface area contributed by atoms with Gasteiger partial charge in [-0.25, -0.2) is 0 Å². The van der Waals surface area contributed by atoms with Crippen LogP contribution in [0.5, 0.6) is 0 Å². The van der Waals surface area contributed by atoms with Crippen molar-refractivity contribution in [3.05, 3.63) is 102 Å². The molecule has 3 aromatic carbocycles. The Kier molecular flexibility index (Phi) is 5.43. The molecule has 0 saturated carbocycles. The van der Waals surface area contributed by atoms with E-state index in [1.54, 1.807) is 11.8 Å². The van der Waals surface area contributed by atoms with E-state index >= 15 is 0 Å². The van der Waals surface area contributed by atoms with Gasteiger partial charge in [0.2, 0.25) is 5.91 Å². The van der Waals surface area contributed by atoms with Crippen LogP contribution in [-0.2, 0) is 11.3 Å². The van der Waals surface area contributed by atoms with Crippen LogP contribution < -0.4 is 4.90 Å². The maximum absolute atomic E-state index is 12.1. The smallest absolute Gasteiger partial charge is 0.224 e. The average Bonchev–Trinajstić information content (AvgIpc) is 2.66. The number of carbonyl (C=O) groups is 1. The molecule has 25 heavy (non-hydrogen) atoms. The highest BCUT2D eigenvalue weighted by Gasteiger charge is 2.11. The molecule has 0 radical (unpaired) electrons. The maximum atomic E-state index is 12.1. The van der Waals surface area contributed by atoms with Gasteiger partial charge in [0.1, 0.15) is 0 Å². The van der Waals surface area contributed by atoms with E-state index in [2.05, 4.69) is 42.5 Å². The fourth-order valence-electron chi connectivity index (χ4n) is 2.73. The van der Waals surface area contributed by atoms with Crippen molar-refractivity contribution in [1.82, 2.24) is 0 Å². The number of rotatable bonds is 5. The molecule has 3 aromatic rings.